The molecule has 14 heavy (non-hydrogen) atoms. The summed E-state index contributed by atoms with van der Waals surface area (Å²) in [6, 6.07) is 3.16. The van der Waals surface area contributed by atoms with Crippen molar-refractivity contribution in [2.45, 2.75) is 20.5 Å². The second kappa shape index (κ2) is 4.17. The van der Waals surface area contributed by atoms with Gasteiger partial charge in [-0.1, -0.05) is 12.1 Å². The molecule has 4 heteroatoms. The molecular formula is C10H10F2O2. The third-order valence-electron chi connectivity index (χ3n) is 1.98. The molecule has 0 aromatic heterocycles. The molecular weight excluding hydrogens is 190 g/mol. The highest BCUT2D eigenvalue weighted by Crippen LogP contribution is 2.26. The van der Waals surface area contributed by atoms with Gasteiger partial charge in [0.05, 0.1) is 0 Å². The van der Waals surface area contributed by atoms with Crippen molar-refractivity contribution in [1.29, 1.82) is 0 Å². The van der Waals surface area contributed by atoms with Crippen LogP contribution in [0.25, 0.3) is 0 Å². The van der Waals surface area contributed by atoms with Crippen LogP contribution in [-0.2, 0) is 0 Å². The number of carbonyl (C=O) groups excluding carboxylic acids is 1. The number of alkyl halides is 2. The molecule has 1 aromatic carbocycles. The highest BCUT2D eigenvalue weighted by atomic mass is 19.3. The average molecular weight is 200 g/mol. The van der Waals surface area contributed by atoms with Crippen molar-refractivity contribution in [3.8, 4) is 5.75 Å². The van der Waals surface area contributed by atoms with E-state index in [-0.39, 0.29) is 5.75 Å². The topological polar surface area (TPSA) is 26.3 Å². The van der Waals surface area contributed by atoms with Gasteiger partial charge in [-0.3, -0.25) is 4.79 Å². The molecule has 0 amide bonds. The number of aldehydes is 1. The van der Waals surface area contributed by atoms with Crippen molar-refractivity contribution < 1.29 is 18.3 Å². The summed E-state index contributed by atoms with van der Waals surface area (Å²) in [6.45, 7) is 0.364. The van der Waals surface area contributed by atoms with Crippen LogP contribution in [0.5, 0.6) is 5.75 Å². The summed E-state index contributed by atoms with van der Waals surface area (Å²) < 4.78 is 28.3. The summed E-state index contributed by atoms with van der Waals surface area (Å²) in [5.41, 5.74) is 1.40. The Hall–Kier alpha value is -1.45. The van der Waals surface area contributed by atoms with E-state index in [1.165, 1.54) is 0 Å². The number of halogens is 2. The fourth-order valence-electron chi connectivity index (χ4n) is 1.24. The van der Waals surface area contributed by atoms with E-state index in [0.29, 0.717) is 23.0 Å². The molecule has 0 radical (unpaired) electrons. The second-order valence-electron chi connectivity index (χ2n) is 2.92. The van der Waals surface area contributed by atoms with E-state index in [4.69, 9.17) is 0 Å². The first-order valence-corrected chi connectivity index (χ1v) is 4.06. The van der Waals surface area contributed by atoms with Crippen molar-refractivity contribution in [3.05, 3.63) is 28.8 Å². The van der Waals surface area contributed by atoms with Crippen LogP contribution >= 0.6 is 0 Å². The third kappa shape index (κ3) is 2.07. The van der Waals surface area contributed by atoms with Crippen LogP contribution in [0.4, 0.5) is 8.78 Å². The summed E-state index contributed by atoms with van der Waals surface area (Å²) in [5.74, 6) is 0.0876. The highest BCUT2D eigenvalue weighted by Gasteiger charge is 2.12. The van der Waals surface area contributed by atoms with E-state index in [9.17, 15) is 13.6 Å². The maximum Gasteiger partial charge on any atom is 0.387 e. The highest BCUT2D eigenvalue weighted by molar-refractivity contribution is 5.79. The minimum atomic E-state index is -2.87. The minimum Gasteiger partial charge on any atom is -0.434 e. The van der Waals surface area contributed by atoms with Crippen LogP contribution in [0.1, 0.15) is 21.5 Å². The lowest BCUT2D eigenvalue weighted by Gasteiger charge is -2.11. The van der Waals surface area contributed by atoms with Crippen LogP contribution in [0.2, 0.25) is 0 Å². The predicted molar refractivity (Wildman–Crippen MR) is 47.9 cm³/mol. The maximum atomic E-state index is 12.0. The van der Waals surface area contributed by atoms with Crippen LogP contribution in [-0.4, -0.2) is 12.9 Å². The molecule has 2 nitrogen and oxygen atoms in total. The Balaban J connectivity index is 3.18. The van der Waals surface area contributed by atoms with Gasteiger partial charge in [0.1, 0.15) is 12.0 Å². The SMILES string of the molecule is Cc1ccc(C=O)c(C)c1OC(F)F. The Morgan fingerprint density at radius 1 is 1.36 bits per heavy atom. The first-order chi connectivity index (χ1) is 6.56. The van der Waals surface area contributed by atoms with Gasteiger partial charge in [-0.15, -0.1) is 0 Å². The van der Waals surface area contributed by atoms with E-state index in [1.54, 1.807) is 26.0 Å². The second-order valence-corrected chi connectivity index (χ2v) is 2.92. The van der Waals surface area contributed by atoms with Crippen molar-refractivity contribution in [2.75, 3.05) is 0 Å². The van der Waals surface area contributed by atoms with Gasteiger partial charge in [-0.25, -0.2) is 0 Å². The first-order valence-electron chi connectivity index (χ1n) is 4.06. The summed E-state index contributed by atoms with van der Waals surface area (Å²) in [7, 11) is 0. The molecule has 0 N–H and O–H groups in total. The maximum absolute atomic E-state index is 12.0. The van der Waals surface area contributed by atoms with Crippen LogP contribution in [0, 0.1) is 13.8 Å². The molecule has 0 bridgehead atoms. The van der Waals surface area contributed by atoms with Gasteiger partial charge in [0.15, 0.2) is 0 Å². The number of rotatable bonds is 3. The number of hydrogen-bond donors (Lipinski definition) is 0. The standard InChI is InChI=1S/C10H10F2O2/c1-6-3-4-8(5-13)7(2)9(6)14-10(11)12/h3-5,10H,1-2H3. The molecule has 0 saturated heterocycles. The molecule has 76 valence electrons. The predicted octanol–water partition coefficient (Wildman–Crippen LogP) is 2.72. The third-order valence-corrected chi connectivity index (χ3v) is 1.98. The lowest BCUT2D eigenvalue weighted by Crippen LogP contribution is -2.06. The van der Waals surface area contributed by atoms with Gasteiger partial charge in [-0.05, 0) is 19.4 Å². The van der Waals surface area contributed by atoms with Crippen molar-refractivity contribution in [3.63, 3.8) is 0 Å². The summed E-state index contributed by atoms with van der Waals surface area (Å²) in [4.78, 5) is 10.5. The van der Waals surface area contributed by atoms with Crippen LogP contribution < -0.4 is 4.74 Å². The Kier molecular flexibility index (Phi) is 3.17. The molecule has 0 heterocycles. The van der Waals surface area contributed by atoms with E-state index in [2.05, 4.69) is 4.74 Å². The molecule has 0 saturated carbocycles. The summed E-state index contributed by atoms with van der Waals surface area (Å²) >= 11 is 0. The largest absolute Gasteiger partial charge is 0.434 e. The van der Waals surface area contributed by atoms with E-state index < -0.39 is 6.61 Å². The molecule has 0 unspecified atom stereocenters. The Bertz CT molecular complexity index is 348. The zero-order chi connectivity index (χ0) is 10.7. The van der Waals surface area contributed by atoms with Gasteiger partial charge in [0, 0.05) is 11.1 Å². The number of carbonyl (C=O) groups is 1. The lowest BCUT2D eigenvalue weighted by molar-refractivity contribution is -0.0507. The number of hydrogen-bond acceptors (Lipinski definition) is 2. The van der Waals surface area contributed by atoms with E-state index in [1.807, 2.05) is 0 Å². The fraction of sp³-hybridized carbons (Fsp3) is 0.300. The number of ether oxygens (including phenoxy) is 1. The van der Waals surface area contributed by atoms with E-state index >= 15 is 0 Å². The van der Waals surface area contributed by atoms with E-state index in [0.717, 1.165) is 0 Å². The van der Waals surface area contributed by atoms with Crippen molar-refractivity contribution >= 4 is 6.29 Å². The molecule has 0 spiro atoms. The van der Waals surface area contributed by atoms with Crippen molar-refractivity contribution in [1.82, 2.24) is 0 Å². The molecule has 1 rings (SSSR count). The van der Waals surface area contributed by atoms with Gasteiger partial charge in [0.2, 0.25) is 0 Å². The molecule has 0 aliphatic carbocycles. The van der Waals surface area contributed by atoms with Gasteiger partial charge >= 0.3 is 6.61 Å². The average Bonchev–Trinajstić information content (AvgIpc) is 2.12. The summed E-state index contributed by atoms with van der Waals surface area (Å²) in [5, 5.41) is 0. The molecule has 1 aromatic rings. The smallest absolute Gasteiger partial charge is 0.387 e. The minimum absolute atomic E-state index is 0.0876. The van der Waals surface area contributed by atoms with Crippen molar-refractivity contribution in [2.24, 2.45) is 0 Å². The zero-order valence-electron chi connectivity index (χ0n) is 7.88. The molecule has 0 fully saturated rings. The van der Waals surface area contributed by atoms with Gasteiger partial charge in [0.25, 0.3) is 0 Å². The number of benzene rings is 1. The molecule has 0 aliphatic rings. The fourth-order valence-corrected chi connectivity index (χ4v) is 1.24. The van der Waals surface area contributed by atoms with Crippen LogP contribution in [0.15, 0.2) is 12.1 Å². The van der Waals surface area contributed by atoms with Crippen LogP contribution in [0.3, 0.4) is 0 Å². The monoisotopic (exact) mass is 200 g/mol. The lowest BCUT2D eigenvalue weighted by atomic mass is 10.1. The summed E-state index contributed by atoms with van der Waals surface area (Å²) in [6.07, 6.45) is 0.618. The molecule has 0 atom stereocenters. The molecule has 0 aliphatic heterocycles. The Morgan fingerprint density at radius 3 is 2.50 bits per heavy atom. The normalized spacial score (nSPS) is 10.4. The zero-order valence-corrected chi connectivity index (χ0v) is 7.88. The van der Waals surface area contributed by atoms with Gasteiger partial charge < -0.3 is 4.74 Å². The Labute approximate surface area is 80.5 Å². The first kappa shape index (κ1) is 10.6. The van der Waals surface area contributed by atoms with Gasteiger partial charge in [-0.2, -0.15) is 8.78 Å². The Morgan fingerprint density at radius 2 is 2.00 bits per heavy atom. The quantitative estimate of drug-likeness (QED) is 0.701. The number of aryl methyl sites for hydroxylation is 1.